The number of nitrogen functional groups attached to an aromatic ring is 1. The molecule has 0 aliphatic rings. The third kappa shape index (κ3) is 2.36. The monoisotopic (exact) mass is 246 g/mol. The number of fused-ring (bicyclic) bond motifs is 1. The summed E-state index contributed by atoms with van der Waals surface area (Å²) in [6.07, 6.45) is 2.30. The Morgan fingerprint density at radius 1 is 1.39 bits per heavy atom. The maximum atomic E-state index is 9.44. The zero-order valence-corrected chi connectivity index (χ0v) is 10.6. The largest absolute Gasteiger partial charge is 0.399 e. The van der Waals surface area contributed by atoms with Gasteiger partial charge in [-0.05, 0) is 31.5 Å². The van der Waals surface area contributed by atoms with Gasteiger partial charge in [0.25, 0.3) is 0 Å². The first-order chi connectivity index (χ1) is 8.58. The number of aliphatic hydroxyl groups excluding tert-OH is 1. The Kier molecular flexibility index (Phi) is 3.34. The summed E-state index contributed by atoms with van der Waals surface area (Å²) in [5, 5.41) is 13.6. The molecular weight excluding hydrogens is 228 g/mol. The summed E-state index contributed by atoms with van der Waals surface area (Å²) in [4.78, 5) is 8.44. The van der Waals surface area contributed by atoms with E-state index in [0.717, 1.165) is 17.3 Å². The second kappa shape index (κ2) is 4.78. The Bertz CT molecular complexity index is 552. The number of anilines is 2. The summed E-state index contributed by atoms with van der Waals surface area (Å²) in [5.74, 6) is 0.700. The maximum Gasteiger partial charge on any atom is 0.137 e. The van der Waals surface area contributed by atoms with Crippen LogP contribution < -0.4 is 11.1 Å². The van der Waals surface area contributed by atoms with Crippen molar-refractivity contribution in [3.8, 4) is 0 Å². The van der Waals surface area contributed by atoms with E-state index in [-0.39, 0.29) is 6.61 Å². The van der Waals surface area contributed by atoms with Gasteiger partial charge < -0.3 is 16.2 Å². The molecule has 4 N–H and O–H groups in total. The zero-order valence-electron chi connectivity index (χ0n) is 10.6. The van der Waals surface area contributed by atoms with E-state index in [1.165, 1.54) is 6.33 Å². The van der Waals surface area contributed by atoms with E-state index in [4.69, 9.17) is 5.73 Å². The van der Waals surface area contributed by atoms with E-state index in [1.54, 1.807) is 0 Å². The molecule has 0 amide bonds. The van der Waals surface area contributed by atoms with Crippen molar-refractivity contribution in [1.29, 1.82) is 0 Å². The van der Waals surface area contributed by atoms with Crippen LogP contribution in [-0.4, -0.2) is 27.2 Å². The Morgan fingerprint density at radius 3 is 2.83 bits per heavy atom. The summed E-state index contributed by atoms with van der Waals surface area (Å²) in [6, 6.07) is 5.51. The average Bonchev–Trinajstić information content (AvgIpc) is 2.39. The molecule has 0 aliphatic carbocycles. The van der Waals surface area contributed by atoms with Crippen molar-refractivity contribution in [3.63, 3.8) is 0 Å². The van der Waals surface area contributed by atoms with Gasteiger partial charge in [0.2, 0.25) is 0 Å². The molecule has 0 fully saturated rings. The summed E-state index contributed by atoms with van der Waals surface area (Å²) in [7, 11) is 0. The van der Waals surface area contributed by atoms with Crippen LogP contribution in [0.15, 0.2) is 24.5 Å². The molecular formula is C13H18N4O. The fourth-order valence-electron chi connectivity index (χ4n) is 1.70. The van der Waals surface area contributed by atoms with Crippen LogP contribution >= 0.6 is 0 Å². The number of hydrogen-bond acceptors (Lipinski definition) is 5. The minimum Gasteiger partial charge on any atom is -0.399 e. The van der Waals surface area contributed by atoms with Crippen LogP contribution in [0, 0.1) is 0 Å². The molecule has 2 rings (SSSR count). The summed E-state index contributed by atoms with van der Waals surface area (Å²) in [6.45, 7) is 4.01. The van der Waals surface area contributed by atoms with Crippen molar-refractivity contribution in [2.75, 3.05) is 17.7 Å². The lowest BCUT2D eigenvalue weighted by Gasteiger charge is -2.28. The number of nitrogens with two attached hydrogens (primary N) is 1. The number of benzene rings is 1. The van der Waals surface area contributed by atoms with Crippen molar-refractivity contribution in [3.05, 3.63) is 24.5 Å². The Balaban J connectivity index is 2.47. The first-order valence-electron chi connectivity index (χ1n) is 5.97. The van der Waals surface area contributed by atoms with Crippen LogP contribution in [0.25, 0.3) is 10.9 Å². The van der Waals surface area contributed by atoms with E-state index in [1.807, 2.05) is 32.0 Å². The van der Waals surface area contributed by atoms with Crippen LogP contribution in [0.1, 0.15) is 20.3 Å². The van der Waals surface area contributed by atoms with Crippen LogP contribution in [0.3, 0.4) is 0 Å². The SMILES string of the molecule is CCC(C)(CO)Nc1ncnc2ccc(N)cc12. The highest BCUT2D eigenvalue weighted by Crippen LogP contribution is 2.25. The second-order valence-corrected chi connectivity index (χ2v) is 4.70. The smallest absolute Gasteiger partial charge is 0.137 e. The normalized spacial score (nSPS) is 14.4. The highest BCUT2D eigenvalue weighted by molar-refractivity contribution is 5.91. The average molecular weight is 246 g/mol. The predicted octanol–water partition coefficient (Wildman–Crippen LogP) is 1.78. The molecule has 5 heteroatoms. The lowest BCUT2D eigenvalue weighted by molar-refractivity contribution is 0.218. The van der Waals surface area contributed by atoms with Crippen LogP contribution in [0.2, 0.25) is 0 Å². The highest BCUT2D eigenvalue weighted by atomic mass is 16.3. The molecule has 1 unspecified atom stereocenters. The molecule has 96 valence electrons. The third-order valence-corrected chi connectivity index (χ3v) is 3.21. The molecule has 1 aromatic carbocycles. The Hall–Kier alpha value is -1.88. The second-order valence-electron chi connectivity index (χ2n) is 4.70. The van der Waals surface area contributed by atoms with E-state index < -0.39 is 5.54 Å². The number of rotatable bonds is 4. The fraction of sp³-hybridized carbons (Fsp3) is 0.385. The number of hydrogen-bond donors (Lipinski definition) is 3. The minimum atomic E-state index is -0.397. The topological polar surface area (TPSA) is 84.1 Å². The number of nitrogens with one attached hydrogen (secondary N) is 1. The van der Waals surface area contributed by atoms with Crippen LogP contribution in [0.5, 0.6) is 0 Å². The molecule has 0 aliphatic heterocycles. The van der Waals surface area contributed by atoms with E-state index in [0.29, 0.717) is 11.5 Å². The lowest BCUT2D eigenvalue weighted by atomic mass is 10.00. The van der Waals surface area contributed by atoms with E-state index in [2.05, 4.69) is 15.3 Å². The molecule has 0 spiro atoms. The Labute approximate surface area is 106 Å². The van der Waals surface area contributed by atoms with Crippen molar-refractivity contribution < 1.29 is 5.11 Å². The minimum absolute atomic E-state index is 0.0390. The summed E-state index contributed by atoms with van der Waals surface area (Å²) in [5.41, 5.74) is 6.89. The predicted molar refractivity (Wildman–Crippen MR) is 73.4 cm³/mol. The number of nitrogens with zero attached hydrogens (tertiary/aromatic N) is 2. The first-order valence-corrected chi connectivity index (χ1v) is 5.97. The molecule has 0 bridgehead atoms. The molecule has 5 nitrogen and oxygen atoms in total. The van der Waals surface area contributed by atoms with E-state index >= 15 is 0 Å². The summed E-state index contributed by atoms with van der Waals surface area (Å²) < 4.78 is 0. The zero-order chi connectivity index (χ0) is 13.2. The third-order valence-electron chi connectivity index (χ3n) is 3.21. The number of aromatic nitrogens is 2. The van der Waals surface area contributed by atoms with Crippen molar-refractivity contribution in [2.45, 2.75) is 25.8 Å². The van der Waals surface area contributed by atoms with Crippen LogP contribution in [-0.2, 0) is 0 Å². The van der Waals surface area contributed by atoms with Gasteiger partial charge in [0.15, 0.2) is 0 Å². The molecule has 1 heterocycles. The Morgan fingerprint density at radius 2 is 2.17 bits per heavy atom. The van der Waals surface area contributed by atoms with Crippen molar-refractivity contribution in [2.24, 2.45) is 0 Å². The van der Waals surface area contributed by atoms with Crippen molar-refractivity contribution in [1.82, 2.24) is 9.97 Å². The van der Waals surface area contributed by atoms with Gasteiger partial charge in [-0.2, -0.15) is 0 Å². The van der Waals surface area contributed by atoms with Gasteiger partial charge in [0.05, 0.1) is 17.7 Å². The fourth-order valence-corrected chi connectivity index (χ4v) is 1.70. The molecule has 2 aromatic rings. The first kappa shape index (κ1) is 12.6. The van der Waals surface area contributed by atoms with Gasteiger partial charge in [0.1, 0.15) is 12.1 Å². The molecule has 18 heavy (non-hydrogen) atoms. The molecule has 1 aromatic heterocycles. The van der Waals surface area contributed by atoms with Gasteiger partial charge in [-0.1, -0.05) is 6.92 Å². The molecule has 0 saturated carbocycles. The molecule has 0 radical (unpaired) electrons. The van der Waals surface area contributed by atoms with Gasteiger partial charge in [0, 0.05) is 11.1 Å². The van der Waals surface area contributed by atoms with Gasteiger partial charge >= 0.3 is 0 Å². The highest BCUT2D eigenvalue weighted by Gasteiger charge is 2.22. The van der Waals surface area contributed by atoms with Crippen molar-refractivity contribution >= 4 is 22.4 Å². The quantitative estimate of drug-likeness (QED) is 0.716. The standard InChI is InChI=1S/C13H18N4O/c1-3-13(2,7-18)17-12-10-6-9(14)4-5-11(10)15-8-16-12/h4-6,8,18H,3,7,14H2,1-2H3,(H,15,16,17). The lowest BCUT2D eigenvalue weighted by Crippen LogP contribution is -2.38. The summed E-state index contributed by atoms with van der Waals surface area (Å²) >= 11 is 0. The van der Waals surface area contributed by atoms with Gasteiger partial charge in [-0.25, -0.2) is 9.97 Å². The van der Waals surface area contributed by atoms with Gasteiger partial charge in [-0.15, -0.1) is 0 Å². The van der Waals surface area contributed by atoms with Gasteiger partial charge in [-0.3, -0.25) is 0 Å². The number of aliphatic hydroxyl groups is 1. The maximum absolute atomic E-state index is 9.44. The van der Waals surface area contributed by atoms with E-state index in [9.17, 15) is 5.11 Å². The van der Waals surface area contributed by atoms with Crippen LogP contribution in [0.4, 0.5) is 11.5 Å². The molecule has 1 atom stereocenters. The molecule has 0 saturated heterocycles.